The summed E-state index contributed by atoms with van der Waals surface area (Å²) >= 11 is 0. The van der Waals surface area contributed by atoms with Crippen molar-refractivity contribution >= 4 is 10.9 Å². The fourth-order valence-electron chi connectivity index (χ4n) is 2.02. The van der Waals surface area contributed by atoms with E-state index in [1.54, 1.807) is 18.5 Å². The lowest BCUT2D eigenvalue weighted by Gasteiger charge is -2.05. The van der Waals surface area contributed by atoms with Crippen LogP contribution in [0.3, 0.4) is 0 Å². The molecule has 0 saturated heterocycles. The average molecular weight is 229 g/mol. The first kappa shape index (κ1) is 10.1. The maximum atomic E-state index is 13.1. The van der Waals surface area contributed by atoms with Gasteiger partial charge in [0.25, 0.3) is 0 Å². The minimum Gasteiger partial charge on any atom is -0.341 e. The van der Waals surface area contributed by atoms with Gasteiger partial charge in [-0.1, -0.05) is 0 Å². The Morgan fingerprint density at radius 1 is 1.29 bits per heavy atom. The van der Waals surface area contributed by atoms with Gasteiger partial charge in [0, 0.05) is 30.3 Å². The van der Waals surface area contributed by atoms with Crippen LogP contribution >= 0.6 is 0 Å². The van der Waals surface area contributed by atoms with Crippen LogP contribution < -0.4 is 0 Å². The summed E-state index contributed by atoms with van der Waals surface area (Å²) in [5.74, 6) is -0.198. The van der Waals surface area contributed by atoms with Gasteiger partial charge in [-0.15, -0.1) is 0 Å². The molecule has 86 valence electrons. The molecule has 0 aliphatic heterocycles. The molecule has 0 aliphatic rings. The Labute approximate surface area is 98.1 Å². The third-order valence-electron chi connectivity index (χ3n) is 2.98. The number of hydrogen-bond donors (Lipinski definition) is 0. The highest BCUT2D eigenvalue weighted by molar-refractivity contribution is 5.80. The zero-order chi connectivity index (χ0) is 11.8. The number of imidazole rings is 1. The van der Waals surface area contributed by atoms with E-state index in [0.29, 0.717) is 0 Å². The Bertz CT molecular complexity index is 666. The SMILES string of the molecule is Cn1cncc1Cn1ccc2cc(F)ccc21. The molecule has 0 fully saturated rings. The minimum absolute atomic E-state index is 0.198. The summed E-state index contributed by atoms with van der Waals surface area (Å²) in [5, 5.41) is 0.923. The Hall–Kier alpha value is -2.10. The second-order valence-corrected chi connectivity index (χ2v) is 4.14. The van der Waals surface area contributed by atoms with Gasteiger partial charge in [0.15, 0.2) is 0 Å². The third kappa shape index (κ3) is 1.71. The molecule has 0 amide bonds. The molecule has 0 N–H and O–H groups in total. The van der Waals surface area contributed by atoms with Gasteiger partial charge in [-0.3, -0.25) is 0 Å². The van der Waals surface area contributed by atoms with Crippen LogP contribution in [0.25, 0.3) is 10.9 Å². The van der Waals surface area contributed by atoms with Gasteiger partial charge >= 0.3 is 0 Å². The molecule has 0 aliphatic carbocycles. The van der Waals surface area contributed by atoms with Gasteiger partial charge in [-0.25, -0.2) is 9.37 Å². The van der Waals surface area contributed by atoms with Crippen molar-refractivity contribution in [3.8, 4) is 0 Å². The molecule has 0 atom stereocenters. The molecule has 2 aromatic heterocycles. The minimum atomic E-state index is -0.198. The van der Waals surface area contributed by atoms with E-state index < -0.39 is 0 Å². The zero-order valence-electron chi connectivity index (χ0n) is 9.47. The van der Waals surface area contributed by atoms with Crippen molar-refractivity contribution in [3.05, 3.63) is 54.5 Å². The molecule has 0 bridgehead atoms. The Morgan fingerprint density at radius 2 is 2.18 bits per heavy atom. The number of benzene rings is 1. The fourth-order valence-corrected chi connectivity index (χ4v) is 2.02. The standard InChI is InChI=1S/C13H12FN3/c1-16-9-15-7-12(16)8-17-5-4-10-6-11(14)2-3-13(10)17/h2-7,9H,8H2,1H3. The van der Waals surface area contributed by atoms with Crippen molar-refractivity contribution in [2.24, 2.45) is 7.05 Å². The van der Waals surface area contributed by atoms with E-state index >= 15 is 0 Å². The predicted molar refractivity (Wildman–Crippen MR) is 64.2 cm³/mol. The van der Waals surface area contributed by atoms with Crippen LogP contribution in [0.4, 0.5) is 4.39 Å². The predicted octanol–water partition coefficient (Wildman–Crippen LogP) is 2.56. The zero-order valence-corrected chi connectivity index (χ0v) is 9.47. The van der Waals surface area contributed by atoms with E-state index in [-0.39, 0.29) is 5.82 Å². The van der Waals surface area contributed by atoms with Crippen molar-refractivity contribution in [2.45, 2.75) is 6.54 Å². The van der Waals surface area contributed by atoms with Gasteiger partial charge in [0.05, 0.1) is 18.6 Å². The second kappa shape index (κ2) is 3.73. The van der Waals surface area contributed by atoms with Gasteiger partial charge in [0.2, 0.25) is 0 Å². The van der Waals surface area contributed by atoms with Crippen LogP contribution in [-0.2, 0) is 13.6 Å². The first-order chi connectivity index (χ1) is 8.24. The lowest BCUT2D eigenvalue weighted by molar-refractivity contribution is 0.629. The number of fused-ring (bicyclic) bond motifs is 1. The maximum absolute atomic E-state index is 13.1. The van der Waals surface area contributed by atoms with Crippen LogP contribution in [0.5, 0.6) is 0 Å². The van der Waals surface area contributed by atoms with Crippen molar-refractivity contribution in [3.63, 3.8) is 0 Å². The number of rotatable bonds is 2. The summed E-state index contributed by atoms with van der Waals surface area (Å²) in [6.45, 7) is 0.742. The van der Waals surface area contributed by atoms with E-state index in [1.807, 2.05) is 30.1 Å². The van der Waals surface area contributed by atoms with Crippen molar-refractivity contribution in [2.75, 3.05) is 0 Å². The largest absolute Gasteiger partial charge is 0.341 e. The maximum Gasteiger partial charge on any atom is 0.123 e. The quantitative estimate of drug-likeness (QED) is 0.662. The van der Waals surface area contributed by atoms with E-state index in [9.17, 15) is 4.39 Å². The first-order valence-electron chi connectivity index (χ1n) is 5.43. The lowest BCUT2D eigenvalue weighted by atomic mass is 10.2. The normalized spacial score (nSPS) is 11.2. The highest BCUT2D eigenvalue weighted by atomic mass is 19.1. The van der Waals surface area contributed by atoms with Crippen LogP contribution in [0.15, 0.2) is 43.0 Å². The van der Waals surface area contributed by atoms with Crippen molar-refractivity contribution in [1.82, 2.24) is 14.1 Å². The third-order valence-corrected chi connectivity index (χ3v) is 2.98. The monoisotopic (exact) mass is 229 g/mol. The molecule has 3 aromatic rings. The molecule has 0 saturated carbocycles. The number of nitrogens with zero attached hydrogens (tertiary/aromatic N) is 3. The molecule has 4 heteroatoms. The molecule has 0 unspecified atom stereocenters. The molecule has 2 heterocycles. The Kier molecular flexibility index (Phi) is 2.21. The van der Waals surface area contributed by atoms with Crippen LogP contribution in [-0.4, -0.2) is 14.1 Å². The summed E-state index contributed by atoms with van der Waals surface area (Å²) < 4.78 is 17.1. The van der Waals surface area contributed by atoms with Gasteiger partial charge in [-0.2, -0.15) is 0 Å². The molecule has 0 spiro atoms. The second-order valence-electron chi connectivity index (χ2n) is 4.14. The Morgan fingerprint density at radius 3 is 2.94 bits per heavy atom. The van der Waals surface area contributed by atoms with E-state index in [0.717, 1.165) is 23.1 Å². The average Bonchev–Trinajstić information content (AvgIpc) is 2.87. The van der Waals surface area contributed by atoms with E-state index in [1.165, 1.54) is 6.07 Å². The topological polar surface area (TPSA) is 22.8 Å². The molecule has 3 rings (SSSR count). The molecular weight excluding hydrogens is 217 g/mol. The summed E-state index contributed by atoms with van der Waals surface area (Å²) in [7, 11) is 1.97. The van der Waals surface area contributed by atoms with Gasteiger partial charge in [0.1, 0.15) is 5.82 Å². The molecule has 3 nitrogen and oxygen atoms in total. The highest BCUT2D eigenvalue weighted by Crippen LogP contribution is 2.18. The van der Waals surface area contributed by atoms with Crippen molar-refractivity contribution in [1.29, 1.82) is 0 Å². The van der Waals surface area contributed by atoms with Crippen LogP contribution in [0.1, 0.15) is 5.69 Å². The summed E-state index contributed by atoms with van der Waals surface area (Å²) in [6.07, 6.45) is 5.59. The molecule has 17 heavy (non-hydrogen) atoms. The summed E-state index contributed by atoms with van der Waals surface area (Å²) in [4.78, 5) is 4.09. The van der Waals surface area contributed by atoms with Gasteiger partial charge in [-0.05, 0) is 24.3 Å². The van der Waals surface area contributed by atoms with Crippen LogP contribution in [0, 0.1) is 5.82 Å². The Balaban J connectivity index is 2.04. The number of aromatic nitrogens is 3. The lowest BCUT2D eigenvalue weighted by Crippen LogP contribution is -2.02. The van der Waals surface area contributed by atoms with E-state index in [4.69, 9.17) is 0 Å². The molecular formula is C13H12FN3. The first-order valence-corrected chi connectivity index (χ1v) is 5.43. The summed E-state index contributed by atoms with van der Waals surface area (Å²) in [6, 6.07) is 6.77. The van der Waals surface area contributed by atoms with Gasteiger partial charge < -0.3 is 9.13 Å². The van der Waals surface area contributed by atoms with Crippen LogP contribution in [0.2, 0.25) is 0 Å². The number of hydrogen-bond acceptors (Lipinski definition) is 1. The summed E-state index contributed by atoms with van der Waals surface area (Å²) in [5.41, 5.74) is 2.15. The highest BCUT2D eigenvalue weighted by Gasteiger charge is 2.04. The van der Waals surface area contributed by atoms with Crippen molar-refractivity contribution < 1.29 is 4.39 Å². The number of aryl methyl sites for hydroxylation is 1. The van der Waals surface area contributed by atoms with E-state index in [2.05, 4.69) is 9.55 Å². The number of halogens is 1. The smallest absolute Gasteiger partial charge is 0.123 e. The molecule has 0 radical (unpaired) electrons. The fraction of sp³-hybridized carbons (Fsp3) is 0.154. The molecule has 1 aromatic carbocycles.